The number of ether oxygens (including phenoxy) is 1. The SMILES string of the molecule is CCCCN(C(=O)C(C)Oc1ccc(C)cc1Br)c1c(N)n(CCCC)c(=O)[nH]c1=O. The summed E-state index contributed by atoms with van der Waals surface area (Å²) in [7, 11) is 0. The van der Waals surface area contributed by atoms with E-state index in [0.29, 0.717) is 18.7 Å². The molecular formula is C22H31BrN4O4. The number of nitrogens with two attached hydrogens (primary N) is 1. The molecule has 2 aromatic rings. The third-order valence-electron chi connectivity index (χ3n) is 4.96. The Kier molecular flexibility index (Phi) is 8.91. The van der Waals surface area contributed by atoms with Crippen molar-refractivity contribution in [2.75, 3.05) is 17.2 Å². The third-order valence-corrected chi connectivity index (χ3v) is 5.58. The van der Waals surface area contributed by atoms with E-state index in [1.165, 1.54) is 9.47 Å². The molecule has 1 atom stereocenters. The molecule has 170 valence electrons. The first-order valence-electron chi connectivity index (χ1n) is 10.6. The molecule has 2 rings (SSSR count). The van der Waals surface area contributed by atoms with Gasteiger partial charge in [0, 0.05) is 13.1 Å². The monoisotopic (exact) mass is 494 g/mol. The fourth-order valence-electron chi connectivity index (χ4n) is 3.19. The predicted molar refractivity (Wildman–Crippen MR) is 127 cm³/mol. The summed E-state index contributed by atoms with van der Waals surface area (Å²) in [4.78, 5) is 41.9. The second kappa shape index (κ2) is 11.2. The molecule has 0 fully saturated rings. The molecule has 0 saturated heterocycles. The Hall–Kier alpha value is -2.55. The summed E-state index contributed by atoms with van der Waals surface area (Å²) >= 11 is 3.45. The molecule has 0 aliphatic rings. The minimum Gasteiger partial charge on any atom is -0.480 e. The van der Waals surface area contributed by atoms with E-state index in [1.54, 1.807) is 13.0 Å². The quantitative estimate of drug-likeness (QED) is 0.524. The van der Waals surface area contributed by atoms with Gasteiger partial charge in [-0.2, -0.15) is 0 Å². The second-order valence-electron chi connectivity index (χ2n) is 7.54. The van der Waals surface area contributed by atoms with Crippen molar-refractivity contribution in [3.05, 3.63) is 49.1 Å². The number of nitrogens with one attached hydrogen (secondary N) is 1. The number of anilines is 2. The molecule has 3 N–H and O–H groups in total. The molecule has 1 aromatic carbocycles. The average molecular weight is 495 g/mol. The molecule has 0 radical (unpaired) electrons. The maximum Gasteiger partial charge on any atom is 0.330 e. The van der Waals surface area contributed by atoms with E-state index in [9.17, 15) is 14.4 Å². The lowest BCUT2D eigenvalue weighted by Crippen LogP contribution is -2.46. The lowest BCUT2D eigenvalue weighted by atomic mass is 10.2. The number of carbonyl (C=O) groups excluding carboxylic acids is 1. The van der Waals surface area contributed by atoms with Gasteiger partial charge in [-0.05, 0) is 60.3 Å². The van der Waals surface area contributed by atoms with Crippen LogP contribution in [0.25, 0.3) is 0 Å². The number of aromatic amines is 1. The number of benzene rings is 1. The highest BCUT2D eigenvalue weighted by atomic mass is 79.9. The number of H-pyrrole nitrogens is 1. The summed E-state index contributed by atoms with van der Waals surface area (Å²) in [5, 5.41) is 0. The van der Waals surface area contributed by atoms with Gasteiger partial charge in [0.2, 0.25) is 0 Å². The van der Waals surface area contributed by atoms with E-state index in [0.717, 1.165) is 29.3 Å². The van der Waals surface area contributed by atoms with Crippen LogP contribution in [0, 0.1) is 6.92 Å². The minimum atomic E-state index is -0.870. The van der Waals surface area contributed by atoms with Crippen molar-refractivity contribution in [2.45, 2.75) is 66.0 Å². The van der Waals surface area contributed by atoms with Crippen LogP contribution >= 0.6 is 15.9 Å². The van der Waals surface area contributed by atoms with Crippen LogP contribution in [-0.2, 0) is 11.3 Å². The Morgan fingerprint density at radius 3 is 2.55 bits per heavy atom. The molecular weight excluding hydrogens is 464 g/mol. The molecule has 1 amide bonds. The first-order chi connectivity index (χ1) is 14.7. The largest absolute Gasteiger partial charge is 0.480 e. The number of halogens is 1. The zero-order valence-electron chi connectivity index (χ0n) is 18.5. The highest BCUT2D eigenvalue weighted by molar-refractivity contribution is 9.10. The van der Waals surface area contributed by atoms with Crippen molar-refractivity contribution in [3.8, 4) is 5.75 Å². The van der Waals surface area contributed by atoms with Gasteiger partial charge in [-0.3, -0.25) is 19.1 Å². The van der Waals surface area contributed by atoms with Crippen molar-refractivity contribution in [3.63, 3.8) is 0 Å². The summed E-state index contributed by atoms with van der Waals surface area (Å²) in [5.74, 6) is 0.117. The fraction of sp³-hybridized carbons (Fsp3) is 0.500. The first-order valence-corrected chi connectivity index (χ1v) is 11.4. The van der Waals surface area contributed by atoms with Crippen LogP contribution < -0.4 is 26.6 Å². The number of carbonyl (C=O) groups is 1. The van der Waals surface area contributed by atoms with Crippen LogP contribution in [0.5, 0.6) is 5.75 Å². The van der Waals surface area contributed by atoms with Crippen LogP contribution in [0.3, 0.4) is 0 Å². The smallest absolute Gasteiger partial charge is 0.330 e. The Balaban J connectivity index is 2.43. The molecule has 0 saturated carbocycles. The number of aryl methyl sites for hydroxylation is 1. The van der Waals surface area contributed by atoms with Crippen LogP contribution in [0.15, 0.2) is 32.3 Å². The van der Waals surface area contributed by atoms with Crippen LogP contribution in [0.2, 0.25) is 0 Å². The van der Waals surface area contributed by atoms with Crippen molar-refractivity contribution in [1.82, 2.24) is 9.55 Å². The number of aromatic nitrogens is 2. The maximum atomic E-state index is 13.3. The molecule has 1 heterocycles. The fourth-order valence-corrected chi connectivity index (χ4v) is 3.77. The highest BCUT2D eigenvalue weighted by Gasteiger charge is 2.28. The molecule has 0 bridgehead atoms. The summed E-state index contributed by atoms with van der Waals surface area (Å²) < 4.78 is 7.93. The minimum absolute atomic E-state index is 0.00429. The molecule has 31 heavy (non-hydrogen) atoms. The number of hydrogen-bond acceptors (Lipinski definition) is 5. The normalized spacial score (nSPS) is 11.9. The van der Waals surface area contributed by atoms with Gasteiger partial charge in [0.15, 0.2) is 11.8 Å². The number of hydrogen-bond donors (Lipinski definition) is 2. The average Bonchev–Trinajstić information content (AvgIpc) is 2.71. The summed E-state index contributed by atoms with van der Waals surface area (Å²) in [6.45, 7) is 8.22. The zero-order valence-corrected chi connectivity index (χ0v) is 20.1. The molecule has 9 heteroatoms. The van der Waals surface area contributed by atoms with Gasteiger partial charge in [-0.25, -0.2) is 4.79 Å². The van der Waals surface area contributed by atoms with E-state index in [-0.39, 0.29) is 18.1 Å². The van der Waals surface area contributed by atoms with Crippen molar-refractivity contribution in [2.24, 2.45) is 0 Å². The molecule has 1 unspecified atom stereocenters. The predicted octanol–water partition coefficient (Wildman–Crippen LogP) is 3.59. The standard InChI is InChI=1S/C22H31BrN4O4/c1-5-7-11-26(18-19(24)27(12-8-6-2)22(30)25-20(18)28)21(29)15(4)31-17-10-9-14(3)13-16(17)23/h9-10,13,15H,5-8,11-12,24H2,1-4H3,(H,25,28,30). The number of amides is 1. The van der Waals surface area contributed by atoms with Gasteiger partial charge < -0.3 is 15.4 Å². The van der Waals surface area contributed by atoms with E-state index >= 15 is 0 Å². The van der Waals surface area contributed by atoms with E-state index < -0.39 is 23.3 Å². The van der Waals surface area contributed by atoms with Crippen LogP contribution in [0.1, 0.15) is 52.0 Å². The maximum absolute atomic E-state index is 13.3. The first kappa shape index (κ1) is 24.7. The molecule has 8 nitrogen and oxygen atoms in total. The Labute approximate surface area is 190 Å². The lowest BCUT2D eigenvalue weighted by molar-refractivity contribution is -0.124. The van der Waals surface area contributed by atoms with E-state index in [2.05, 4.69) is 20.9 Å². The molecule has 1 aromatic heterocycles. The van der Waals surface area contributed by atoms with Gasteiger partial charge in [-0.15, -0.1) is 0 Å². The third kappa shape index (κ3) is 6.00. The summed E-state index contributed by atoms with van der Waals surface area (Å²) in [5.41, 5.74) is 6.02. The topological polar surface area (TPSA) is 110 Å². The van der Waals surface area contributed by atoms with Crippen LogP contribution in [0.4, 0.5) is 11.5 Å². The molecule has 0 aliphatic carbocycles. The lowest BCUT2D eigenvalue weighted by Gasteiger charge is -2.27. The number of rotatable bonds is 10. The zero-order chi connectivity index (χ0) is 23.1. The summed E-state index contributed by atoms with van der Waals surface area (Å²) in [6, 6.07) is 5.57. The van der Waals surface area contributed by atoms with Gasteiger partial charge >= 0.3 is 5.69 Å². The second-order valence-corrected chi connectivity index (χ2v) is 8.39. The number of unbranched alkanes of at least 4 members (excludes halogenated alkanes) is 2. The van der Waals surface area contributed by atoms with Crippen molar-refractivity contribution < 1.29 is 9.53 Å². The number of nitrogen functional groups attached to an aromatic ring is 1. The van der Waals surface area contributed by atoms with Gasteiger partial charge in [0.25, 0.3) is 11.5 Å². The Morgan fingerprint density at radius 1 is 1.26 bits per heavy atom. The van der Waals surface area contributed by atoms with E-state index in [1.807, 2.05) is 32.9 Å². The van der Waals surface area contributed by atoms with Crippen molar-refractivity contribution in [1.29, 1.82) is 0 Å². The number of nitrogens with zero attached hydrogens (tertiary/aromatic N) is 2. The highest BCUT2D eigenvalue weighted by Crippen LogP contribution is 2.27. The van der Waals surface area contributed by atoms with Gasteiger partial charge in [0.1, 0.15) is 11.6 Å². The Bertz CT molecular complexity index is 1030. The van der Waals surface area contributed by atoms with E-state index in [4.69, 9.17) is 10.5 Å². The van der Waals surface area contributed by atoms with Crippen molar-refractivity contribution >= 4 is 33.3 Å². The molecule has 0 aliphatic heterocycles. The molecule has 0 spiro atoms. The van der Waals surface area contributed by atoms with Crippen LogP contribution in [-0.4, -0.2) is 28.1 Å². The Morgan fingerprint density at radius 2 is 1.94 bits per heavy atom. The van der Waals surface area contributed by atoms with Gasteiger partial charge in [0.05, 0.1) is 4.47 Å². The van der Waals surface area contributed by atoms with Gasteiger partial charge in [-0.1, -0.05) is 32.8 Å². The summed E-state index contributed by atoms with van der Waals surface area (Å²) in [6.07, 6.45) is 2.19.